The fraction of sp³-hybridized carbons (Fsp3) is 0.176. The Morgan fingerprint density at radius 1 is 1.00 bits per heavy atom. The fourth-order valence-corrected chi connectivity index (χ4v) is 3.07. The number of para-hydroxylation sites is 3. The maximum absolute atomic E-state index is 12.9. The van der Waals surface area contributed by atoms with Crippen LogP contribution in [0.4, 0.5) is 0 Å². The van der Waals surface area contributed by atoms with Gasteiger partial charge in [-0.05, 0) is 30.7 Å². The van der Waals surface area contributed by atoms with Crippen molar-refractivity contribution < 1.29 is 0 Å². The number of hydrogen-bond acceptors (Lipinski definition) is 2. The highest BCUT2D eigenvalue weighted by molar-refractivity contribution is 6.17. The first-order chi connectivity index (χ1) is 10.8. The molecule has 0 aliphatic carbocycles. The van der Waals surface area contributed by atoms with Crippen molar-refractivity contribution in [1.29, 1.82) is 0 Å². The monoisotopic (exact) mass is 311 g/mol. The van der Waals surface area contributed by atoms with E-state index >= 15 is 0 Å². The van der Waals surface area contributed by atoms with E-state index in [2.05, 4.69) is 4.57 Å². The molecule has 5 heteroatoms. The van der Waals surface area contributed by atoms with Crippen molar-refractivity contribution in [3.05, 3.63) is 58.9 Å². The molecule has 0 spiro atoms. The molecule has 4 rings (SSSR count). The maximum atomic E-state index is 12.9. The zero-order valence-electron chi connectivity index (χ0n) is 11.9. The number of halogens is 1. The first-order valence-electron chi connectivity index (χ1n) is 7.26. The van der Waals surface area contributed by atoms with Crippen LogP contribution in [0.5, 0.6) is 0 Å². The summed E-state index contributed by atoms with van der Waals surface area (Å²) in [5.41, 5.74) is 2.59. The zero-order chi connectivity index (χ0) is 15.1. The number of aromatic nitrogens is 3. The Morgan fingerprint density at radius 2 is 1.73 bits per heavy atom. The van der Waals surface area contributed by atoms with E-state index < -0.39 is 0 Å². The third-order valence-corrected chi connectivity index (χ3v) is 4.20. The number of aryl methyl sites for hydroxylation is 1. The maximum Gasteiger partial charge on any atom is 0.267 e. The third kappa shape index (κ3) is 1.84. The first kappa shape index (κ1) is 13.3. The molecule has 0 unspecified atom stereocenters. The van der Waals surface area contributed by atoms with Crippen LogP contribution in [0.25, 0.3) is 27.7 Å². The molecule has 4 aromatic rings. The summed E-state index contributed by atoms with van der Waals surface area (Å²) in [6.07, 6.45) is 0.832. The Balaban J connectivity index is 2.22. The van der Waals surface area contributed by atoms with Crippen molar-refractivity contribution in [2.75, 3.05) is 5.88 Å². The van der Waals surface area contributed by atoms with E-state index in [0.29, 0.717) is 17.0 Å². The molecule has 0 saturated carbocycles. The molecule has 4 nitrogen and oxygen atoms in total. The standard InChI is InChI=1S/C17H14ClN3O/c18-10-5-11-20-14-8-3-4-9-15(14)21-16(22)12-6-1-2-7-13(12)19-17(20)21/h1-4,6-9H,5,10-11H2. The van der Waals surface area contributed by atoms with Gasteiger partial charge in [0.2, 0.25) is 5.78 Å². The Labute approximate surface area is 131 Å². The summed E-state index contributed by atoms with van der Waals surface area (Å²) in [5.74, 6) is 1.26. The van der Waals surface area contributed by atoms with Crippen LogP contribution in [0.15, 0.2) is 53.3 Å². The number of hydrogen-bond donors (Lipinski definition) is 0. The van der Waals surface area contributed by atoms with Crippen molar-refractivity contribution >= 4 is 39.3 Å². The van der Waals surface area contributed by atoms with Gasteiger partial charge in [-0.1, -0.05) is 24.3 Å². The Bertz CT molecular complexity index is 1050. The highest BCUT2D eigenvalue weighted by atomic mass is 35.5. The van der Waals surface area contributed by atoms with E-state index in [4.69, 9.17) is 16.6 Å². The molecule has 0 N–H and O–H groups in total. The lowest BCUT2D eigenvalue weighted by Gasteiger charge is -2.04. The molecule has 110 valence electrons. The van der Waals surface area contributed by atoms with E-state index in [1.54, 1.807) is 4.40 Å². The van der Waals surface area contributed by atoms with Crippen LogP contribution in [0.2, 0.25) is 0 Å². The van der Waals surface area contributed by atoms with Crippen LogP contribution in [0.3, 0.4) is 0 Å². The summed E-state index contributed by atoms with van der Waals surface area (Å²) in [6.45, 7) is 0.741. The van der Waals surface area contributed by atoms with Crippen LogP contribution in [0, 0.1) is 0 Å². The smallest absolute Gasteiger partial charge is 0.267 e. The van der Waals surface area contributed by atoms with Gasteiger partial charge in [-0.2, -0.15) is 0 Å². The average Bonchev–Trinajstić information content (AvgIpc) is 2.87. The van der Waals surface area contributed by atoms with Gasteiger partial charge in [0, 0.05) is 12.4 Å². The second-order valence-corrected chi connectivity index (χ2v) is 5.63. The molecule has 2 aromatic carbocycles. The summed E-state index contributed by atoms with van der Waals surface area (Å²) in [5, 5.41) is 0.639. The van der Waals surface area contributed by atoms with Gasteiger partial charge in [0.15, 0.2) is 0 Å². The molecule has 0 aliphatic heterocycles. The van der Waals surface area contributed by atoms with Crippen LogP contribution in [-0.4, -0.2) is 19.8 Å². The molecule has 0 radical (unpaired) electrons. The summed E-state index contributed by atoms with van der Waals surface area (Å²) in [4.78, 5) is 17.6. The molecule has 0 aliphatic rings. The quantitative estimate of drug-likeness (QED) is 0.544. The molecule has 0 fully saturated rings. The summed E-state index contributed by atoms with van der Waals surface area (Å²) in [6, 6.07) is 15.3. The van der Waals surface area contributed by atoms with E-state index in [1.807, 2.05) is 48.5 Å². The lowest BCUT2D eigenvalue weighted by molar-refractivity contribution is 0.713. The van der Waals surface area contributed by atoms with Gasteiger partial charge >= 0.3 is 0 Å². The topological polar surface area (TPSA) is 39.3 Å². The molecule has 0 bridgehead atoms. The third-order valence-electron chi connectivity index (χ3n) is 3.93. The van der Waals surface area contributed by atoms with Crippen molar-refractivity contribution in [3.63, 3.8) is 0 Å². The number of imidazole rings is 1. The minimum Gasteiger partial charge on any atom is -0.309 e. The van der Waals surface area contributed by atoms with Gasteiger partial charge < -0.3 is 4.57 Å². The molecule has 22 heavy (non-hydrogen) atoms. The molecule has 0 amide bonds. The second kappa shape index (κ2) is 5.14. The van der Waals surface area contributed by atoms with Crippen molar-refractivity contribution in [3.8, 4) is 0 Å². The Morgan fingerprint density at radius 3 is 2.55 bits per heavy atom. The fourth-order valence-electron chi connectivity index (χ4n) is 2.95. The van der Waals surface area contributed by atoms with Crippen LogP contribution in [-0.2, 0) is 6.54 Å². The largest absolute Gasteiger partial charge is 0.309 e. The van der Waals surface area contributed by atoms with E-state index in [-0.39, 0.29) is 5.56 Å². The van der Waals surface area contributed by atoms with Crippen molar-refractivity contribution in [1.82, 2.24) is 14.0 Å². The lowest BCUT2D eigenvalue weighted by atomic mass is 10.2. The number of rotatable bonds is 3. The predicted molar refractivity (Wildman–Crippen MR) is 89.8 cm³/mol. The van der Waals surface area contributed by atoms with Crippen molar-refractivity contribution in [2.45, 2.75) is 13.0 Å². The molecular formula is C17H14ClN3O. The van der Waals surface area contributed by atoms with Gasteiger partial charge in [0.25, 0.3) is 5.56 Å². The average molecular weight is 312 g/mol. The van der Waals surface area contributed by atoms with Crippen LogP contribution >= 0.6 is 11.6 Å². The number of nitrogens with zero attached hydrogens (tertiary/aromatic N) is 3. The lowest BCUT2D eigenvalue weighted by Crippen LogP contribution is -2.15. The summed E-state index contributed by atoms with van der Waals surface area (Å²) in [7, 11) is 0. The number of fused-ring (bicyclic) bond motifs is 4. The Kier molecular flexibility index (Phi) is 3.12. The van der Waals surface area contributed by atoms with Gasteiger partial charge in [-0.3, -0.25) is 4.79 Å². The molecule has 0 atom stereocenters. The minimum absolute atomic E-state index is 0.0265. The molecule has 0 saturated heterocycles. The minimum atomic E-state index is -0.0265. The second-order valence-electron chi connectivity index (χ2n) is 5.25. The molecular weight excluding hydrogens is 298 g/mol. The van der Waals surface area contributed by atoms with Gasteiger partial charge in [-0.25, -0.2) is 9.38 Å². The Hall–Kier alpha value is -2.33. The highest BCUT2D eigenvalue weighted by Gasteiger charge is 2.14. The summed E-state index contributed by atoms with van der Waals surface area (Å²) >= 11 is 5.84. The van der Waals surface area contributed by atoms with E-state index in [9.17, 15) is 4.79 Å². The highest BCUT2D eigenvalue weighted by Crippen LogP contribution is 2.20. The van der Waals surface area contributed by atoms with Gasteiger partial charge in [0.05, 0.1) is 21.9 Å². The molecule has 2 heterocycles. The SMILES string of the molecule is O=c1c2ccccc2nc2n(CCCCl)c3ccccc3n12. The van der Waals surface area contributed by atoms with Gasteiger partial charge in [0.1, 0.15) is 0 Å². The van der Waals surface area contributed by atoms with E-state index in [1.165, 1.54) is 0 Å². The van der Waals surface area contributed by atoms with Gasteiger partial charge in [-0.15, -0.1) is 11.6 Å². The van der Waals surface area contributed by atoms with Crippen LogP contribution < -0.4 is 5.56 Å². The van der Waals surface area contributed by atoms with Crippen LogP contribution in [0.1, 0.15) is 6.42 Å². The first-order valence-corrected chi connectivity index (χ1v) is 7.79. The number of alkyl halides is 1. The zero-order valence-corrected chi connectivity index (χ0v) is 12.6. The normalized spacial score (nSPS) is 11.7. The molecule has 2 aromatic heterocycles. The van der Waals surface area contributed by atoms with E-state index in [0.717, 1.165) is 29.5 Å². The number of benzene rings is 2. The predicted octanol–water partition coefficient (Wildman–Crippen LogP) is 3.43. The summed E-state index contributed by atoms with van der Waals surface area (Å²) < 4.78 is 3.78. The van der Waals surface area contributed by atoms with Crippen molar-refractivity contribution in [2.24, 2.45) is 0 Å².